The van der Waals surface area contributed by atoms with Crippen LogP contribution in [0.5, 0.6) is 0 Å². The molecule has 1 aliphatic rings. The maximum absolute atomic E-state index is 12.5. The van der Waals surface area contributed by atoms with Gasteiger partial charge in [0.25, 0.3) is 5.91 Å². The molecule has 0 bridgehead atoms. The number of hydrogen-bond acceptors (Lipinski definition) is 3. The Morgan fingerprint density at radius 2 is 1.92 bits per heavy atom. The molecule has 2 amide bonds. The highest BCUT2D eigenvalue weighted by atomic mass is 16.3. The van der Waals surface area contributed by atoms with E-state index in [1.165, 1.54) is 12.5 Å². The van der Waals surface area contributed by atoms with E-state index in [4.69, 9.17) is 4.42 Å². The van der Waals surface area contributed by atoms with Gasteiger partial charge in [-0.05, 0) is 49.9 Å². The van der Waals surface area contributed by atoms with Gasteiger partial charge in [0, 0.05) is 24.7 Å². The van der Waals surface area contributed by atoms with E-state index in [2.05, 4.69) is 5.32 Å². The zero-order valence-corrected chi connectivity index (χ0v) is 14.0. The zero-order chi connectivity index (χ0) is 17.1. The summed E-state index contributed by atoms with van der Waals surface area (Å²) >= 11 is 0. The van der Waals surface area contributed by atoms with Crippen LogP contribution in [-0.4, -0.2) is 29.8 Å². The lowest BCUT2D eigenvalue weighted by Gasteiger charge is -2.31. The topological polar surface area (TPSA) is 62.6 Å². The molecule has 0 radical (unpaired) electrons. The van der Waals surface area contributed by atoms with Crippen LogP contribution < -0.4 is 5.32 Å². The minimum absolute atomic E-state index is 0.0304. The van der Waals surface area contributed by atoms with E-state index in [-0.39, 0.29) is 17.7 Å². The summed E-state index contributed by atoms with van der Waals surface area (Å²) in [6.45, 7) is 5.23. The van der Waals surface area contributed by atoms with Crippen LogP contribution in [0.3, 0.4) is 0 Å². The quantitative estimate of drug-likeness (QED) is 0.940. The number of amides is 2. The molecule has 1 fully saturated rings. The van der Waals surface area contributed by atoms with Gasteiger partial charge < -0.3 is 14.6 Å². The Balaban J connectivity index is 1.57. The van der Waals surface area contributed by atoms with E-state index >= 15 is 0 Å². The van der Waals surface area contributed by atoms with Gasteiger partial charge in [-0.3, -0.25) is 9.59 Å². The third-order valence-electron chi connectivity index (χ3n) is 4.78. The van der Waals surface area contributed by atoms with Crippen LogP contribution in [0.2, 0.25) is 0 Å². The number of hydrogen-bond donors (Lipinski definition) is 1. The molecule has 0 saturated carbocycles. The Labute approximate surface area is 141 Å². The van der Waals surface area contributed by atoms with Crippen LogP contribution in [-0.2, 0) is 4.79 Å². The molecular formula is C19H22N2O3. The lowest BCUT2D eigenvalue weighted by Crippen LogP contribution is -2.41. The smallest absolute Gasteiger partial charge is 0.257 e. The average Bonchev–Trinajstić information content (AvgIpc) is 3.13. The van der Waals surface area contributed by atoms with E-state index in [0.29, 0.717) is 31.5 Å². The van der Waals surface area contributed by atoms with E-state index in [9.17, 15) is 9.59 Å². The normalized spacial score (nSPS) is 15.3. The number of carbonyl (C=O) groups is 2. The van der Waals surface area contributed by atoms with Crippen molar-refractivity contribution in [2.45, 2.75) is 26.7 Å². The van der Waals surface area contributed by atoms with Crippen LogP contribution in [0.25, 0.3) is 0 Å². The summed E-state index contributed by atoms with van der Waals surface area (Å²) in [7, 11) is 0. The number of anilines is 1. The molecule has 24 heavy (non-hydrogen) atoms. The van der Waals surface area contributed by atoms with E-state index in [1.807, 2.05) is 32.0 Å². The lowest BCUT2D eigenvalue weighted by atomic mass is 9.95. The highest BCUT2D eigenvalue weighted by Gasteiger charge is 2.28. The number of nitrogens with zero attached hydrogens (tertiary/aromatic N) is 1. The van der Waals surface area contributed by atoms with Crippen molar-refractivity contribution in [2.24, 2.45) is 5.92 Å². The van der Waals surface area contributed by atoms with Crippen molar-refractivity contribution < 1.29 is 14.0 Å². The number of aryl methyl sites for hydroxylation is 1. The van der Waals surface area contributed by atoms with Crippen molar-refractivity contribution in [3.8, 4) is 0 Å². The Bertz CT molecular complexity index is 729. The first-order chi connectivity index (χ1) is 11.6. The van der Waals surface area contributed by atoms with Crippen molar-refractivity contribution >= 4 is 17.5 Å². The SMILES string of the molecule is Cc1cccc(NC(=O)C2CCN(C(=O)c3ccoc3)CC2)c1C. The predicted octanol–water partition coefficient (Wildman–Crippen LogP) is 3.39. The fraction of sp³-hybridized carbons (Fsp3) is 0.368. The number of rotatable bonds is 3. The first-order valence-electron chi connectivity index (χ1n) is 8.25. The molecule has 1 N–H and O–H groups in total. The van der Waals surface area contributed by atoms with Crippen molar-refractivity contribution in [3.63, 3.8) is 0 Å². The number of benzene rings is 1. The predicted molar refractivity (Wildman–Crippen MR) is 91.9 cm³/mol. The van der Waals surface area contributed by atoms with Crippen molar-refractivity contribution in [1.29, 1.82) is 0 Å². The second-order valence-corrected chi connectivity index (χ2v) is 6.32. The number of nitrogens with one attached hydrogen (secondary N) is 1. The van der Waals surface area contributed by atoms with Crippen LogP contribution in [0.4, 0.5) is 5.69 Å². The molecule has 1 saturated heterocycles. The van der Waals surface area contributed by atoms with Gasteiger partial charge in [-0.1, -0.05) is 12.1 Å². The van der Waals surface area contributed by atoms with Gasteiger partial charge in [0.05, 0.1) is 11.8 Å². The van der Waals surface area contributed by atoms with E-state index in [0.717, 1.165) is 16.8 Å². The summed E-state index contributed by atoms with van der Waals surface area (Å²) in [5.41, 5.74) is 3.69. The van der Waals surface area contributed by atoms with Gasteiger partial charge in [-0.15, -0.1) is 0 Å². The van der Waals surface area contributed by atoms with Gasteiger partial charge in [-0.25, -0.2) is 0 Å². The van der Waals surface area contributed by atoms with Crippen LogP contribution in [0, 0.1) is 19.8 Å². The molecule has 3 rings (SSSR count). The standard InChI is InChI=1S/C19H22N2O3/c1-13-4-3-5-17(14(13)2)20-18(22)15-6-9-21(10-7-15)19(23)16-8-11-24-12-16/h3-5,8,11-12,15H,6-7,9-10H2,1-2H3,(H,20,22). The first kappa shape index (κ1) is 16.3. The molecule has 0 atom stereocenters. The van der Waals surface area contributed by atoms with E-state index in [1.54, 1.807) is 11.0 Å². The van der Waals surface area contributed by atoms with Gasteiger partial charge in [0.15, 0.2) is 0 Å². The molecule has 1 aromatic carbocycles. The van der Waals surface area contributed by atoms with Gasteiger partial charge in [0.2, 0.25) is 5.91 Å². The minimum Gasteiger partial charge on any atom is -0.472 e. The summed E-state index contributed by atoms with van der Waals surface area (Å²) in [5.74, 6) is -0.0467. The second kappa shape index (κ2) is 6.91. The summed E-state index contributed by atoms with van der Waals surface area (Å²) in [4.78, 5) is 26.6. The van der Waals surface area contributed by atoms with E-state index < -0.39 is 0 Å². The largest absolute Gasteiger partial charge is 0.472 e. The van der Waals surface area contributed by atoms with Crippen molar-refractivity contribution in [1.82, 2.24) is 4.90 Å². The van der Waals surface area contributed by atoms with Gasteiger partial charge in [-0.2, -0.15) is 0 Å². The molecule has 1 aliphatic heterocycles. The van der Waals surface area contributed by atoms with Gasteiger partial charge >= 0.3 is 0 Å². The summed E-state index contributed by atoms with van der Waals surface area (Å²) in [6.07, 6.45) is 4.32. The lowest BCUT2D eigenvalue weighted by molar-refractivity contribution is -0.121. The second-order valence-electron chi connectivity index (χ2n) is 6.32. The third-order valence-corrected chi connectivity index (χ3v) is 4.78. The molecular weight excluding hydrogens is 304 g/mol. The highest BCUT2D eigenvalue weighted by Crippen LogP contribution is 2.23. The highest BCUT2D eigenvalue weighted by molar-refractivity contribution is 5.95. The van der Waals surface area contributed by atoms with Crippen LogP contribution in [0.1, 0.15) is 34.3 Å². The van der Waals surface area contributed by atoms with Gasteiger partial charge in [0.1, 0.15) is 6.26 Å². The monoisotopic (exact) mass is 326 g/mol. The molecule has 2 aromatic rings. The minimum atomic E-state index is -0.0571. The number of furan rings is 1. The Hall–Kier alpha value is -2.56. The first-order valence-corrected chi connectivity index (χ1v) is 8.25. The Kier molecular flexibility index (Phi) is 4.69. The molecule has 2 heterocycles. The number of carbonyl (C=O) groups excluding carboxylic acids is 2. The summed E-state index contributed by atoms with van der Waals surface area (Å²) < 4.78 is 4.96. The molecule has 5 heteroatoms. The zero-order valence-electron chi connectivity index (χ0n) is 14.0. The van der Waals surface area contributed by atoms with Crippen LogP contribution in [0.15, 0.2) is 41.2 Å². The fourth-order valence-electron chi connectivity index (χ4n) is 3.03. The maximum atomic E-state index is 12.5. The number of likely N-dealkylation sites (tertiary alicyclic amines) is 1. The Morgan fingerprint density at radius 1 is 1.17 bits per heavy atom. The average molecular weight is 326 g/mol. The van der Waals surface area contributed by atoms with Crippen molar-refractivity contribution in [3.05, 3.63) is 53.5 Å². The molecule has 0 aliphatic carbocycles. The fourth-order valence-corrected chi connectivity index (χ4v) is 3.03. The van der Waals surface area contributed by atoms with Crippen LogP contribution >= 0.6 is 0 Å². The molecule has 5 nitrogen and oxygen atoms in total. The Morgan fingerprint density at radius 3 is 2.58 bits per heavy atom. The molecule has 0 spiro atoms. The number of piperidine rings is 1. The molecule has 126 valence electrons. The third kappa shape index (κ3) is 3.35. The molecule has 0 unspecified atom stereocenters. The summed E-state index contributed by atoms with van der Waals surface area (Å²) in [5, 5.41) is 3.03. The maximum Gasteiger partial charge on any atom is 0.257 e. The molecule has 1 aromatic heterocycles. The summed E-state index contributed by atoms with van der Waals surface area (Å²) in [6, 6.07) is 7.58. The van der Waals surface area contributed by atoms with Crippen molar-refractivity contribution in [2.75, 3.05) is 18.4 Å².